The molecule has 7 heteroatoms. The summed E-state index contributed by atoms with van der Waals surface area (Å²) in [4.78, 5) is 33.5. The van der Waals surface area contributed by atoms with Crippen LogP contribution in [0.3, 0.4) is 0 Å². The van der Waals surface area contributed by atoms with Gasteiger partial charge in [-0.2, -0.15) is 13.8 Å². The first-order valence-corrected chi connectivity index (χ1v) is 9.98. The van der Waals surface area contributed by atoms with Gasteiger partial charge in [0.1, 0.15) is 0 Å². The van der Waals surface area contributed by atoms with E-state index in [-0.39, 0.29) is 30.1 Å². The number of carbonyl (C=O) groups excluding carboxylic acids is 2. The number of ketones is 1. The number of rotatable bonds is 7. The number of hydrogen-bond donors (Lipinski definition) is 0. The Kier molecular flexibility index (Phi) is 6.84. The highest BCUT2D eigenvalue weighted by atomic mass is 19.1. The molecule has 0 aliphatic rings. The third-order valence-electron chi connectivity index (χ3n) is 5.13. The molecule has 160 valence electrons. The summed E-state index contributed by atoms with van der Waals surface area (Å²) in [5.41, 5.74) is 3.97. The summed E-state index contributed by atoms with van der Waals surface area (Å²) >= 11 is 0. The summed E-state index contributed by atoms with van der Waals surface area (Å²) < 4.78 is 26.5. The minimum Gasteiger partial charge on any atom is -0.315 e. The highest BCUT2D eigenvalue weighted by Gasteiger charge is 2.14. The first-order valence-electron chi connectivity index (χ1n) is 9.98. The van der Waals surface area contributed by atoms with Gasteiger partial charge in [-0.25, -0.2) is 0 Å². The van der Waals surface area contributed by atoms with Crippen LogP contribution >= 0.6 is 0 Å². The molecule has 3 aromatic rings. The largest absolute Gasteiger partial charge is 0.315 e. The number of Topliss-reactive ketones (excluding diaryl/α,β-unsaturated/α-hetero) is 1. The summed E-state index contributed by atoms with van der Waals surface area (Å²) in [6.07, 6.45) is 2.12. The molecule has 3 rings (SSSR count). The van der Waals surface area contributed by atoms with Gasteiger partial charge in [-0.15, -0.1) is 0 Å². The van der Waals surface area contributed by atoms with Crippen molar-refractivity contribution < 1.29 is 18.4 Å². The van der Waals surface area contributed by atoms with E-state index in [0.717, 1.165) is 22.9 Å². The van der Waals surface area contributed by atoms with Crippen molar-refractivity contribution in [1.82, 2.24) is 9.97 Å². The van der Waals surface area contributed by atoms with Crippen LogP contribution in [0.4, 0.5) is 14.5 Å². The molecule has 0 bridgehead atoms. The number of carbonyl (C=O) groups is 2. The van der Waals surface area contributed by atoms with Gasteiger partial charge in [-0.3, -0.25) is 14.6 Å². The molecule has 0 fully saturated rings. The molecule has 0 unspecified atom stereocenters. The van der Waals surface area contributed by atoms with Gasteiger partial charge in [0.05, 0.1) is 5.69 Å². The lowest BCUT2D eigenvalue weighted by Crippen LogP contribution is -2.25. The molecule has 0 aliphatic carbocycles. The van der Waals surface area contributed by atoms with Crippen LogP contribution in [0, 0.1) is 18.8 Å². The van der Waals surface area contributed by atoms with Crippen molar-refractivity contribution in [3.8, 4) is 11.3 Å². The Morgan fingerprint density at radius 3 is 2.45 bits per heavy atom. The summed E-state index contributed by atoms with van der Waals surface area (Å²) in [6, 6.07) is 11.5. The first kappa shape index (κ1) is 22.2. The van der Waals surface area contributed by atoms with Gasteiger partial charge in [-0.05, 0) is 55.3 Å². The molecule has 1 aromatic carbocycles. The maximum Gasteiger partial charge on any atom is 0.226 e. The van der Waals surface area contributed by atoms with E-state index in [1.54, 1.807) is 24.1 Å². The Bertz CT molecular complexity index is 1110. The first-order chi connectivity index (χ1) is 14.8. The summed E-state index contributed by atoms with van der Waals surface area (Å²) in [5.74, 6) is -1.94. The zero-order valence-electron chi connectivity index (χ0n) is 17.7. The maximum atomic E-state index is 13.6. The molecular formula is C24H23F2N3O2. The van der Waals surface area contributed by atoms with E-state index < -0.39 is 11.9 Å². The molecular weight excluding hydrogens is 400 g/mol. The SMILES string of the molecule is CCC(=O)N(C)c1ccc(-c2ccc(C(=O)CCc3ccc(F)nc3F)cn2)cc1C. The number of hydrogen-bond acceptors (Lipinski definition) is 4. The maximum absolute atomic E-state index is 13.6. The second-order valence-corrected chi connectivity index (χ2v) is 7.25. The Morgan fingerprint density at radius 2 is 1.84 bits per heavy atom. The zero-order chi connectivity index (χ0) is 22.5. The van der Waals surface area contributed by atoms with Crippen LogP contribution in [-0.2, 0) is 11.2 Å². The van der Waals surface area contributed by atoms with Gasteiger partial charge in [0.25, 0.3) is 0 Å². The summed E-state index contributed by atoms with van der Waals surface area (Å²) in [6.45, 7) is 3.75. The molecule has 0 N–H and O–H groups in total. The van der Waals surface area contributed by atoms with Crippen molar-refractivity contribution in [3.63, 3.8) is 0 Å². The fourth-order valence-corrected chi connectivity index (χ4v) is 3.31. The second kappa shape index (κ2) is 9.55. The predicted molar refractivity (Wildman–Crippen MR) is 115 cm³/mol. The predicted octanol–water partition coefficient (Wildman–Crippen LogP) is 4.92. The van der Waals surface area contributed by atoms with E-state index in [4.69, 9.17) is 0 Å². The van der Waals surface area contributed by atoms with Gasteiger partial charge in [0.15, 0.2) is 5.78 Å². The lowest BCUT2D eigenvalue weighted by molar-refractivity contribution is -0.118. The fourth-order valence-electron chi connectivity index (χ4n) is 3.31. The lowest BCUT2D eigenvalue weighted by atomic mass is 10.0. The molecule has 2 aromatic heterocycles. The van der Waals surface area contributed by atoms with Crippen molar-refractivity contribution in [2.24, 2.45) is 0 Å². The zero-order valence-corrected chi connectivity index (χ0v) is 17.7. The average Bonchev–Trinajstić information content (AvgIpc) is 2.77. The third kappa shape index (κ3) is 5.17. The molecule has 1 amide bonds. The molecule has 31 heavy (non-hydrogen) atoms. The molecule has 0 saturated heterocycles. The van der Waals surface area contributed by atoms with Gasteiger partial charge in [-0.1, -0.05) is 13.0 Å². The van der Waals surface area contributed by atoms with Crippen LogP contribution in [0.15, 0.2) is 48.7 Å². The van der Waals surface area contributed by atoms with Gasteiger partial charge >= 0.3 is 0 Å². The van der Waals surface area contributed by atoms with Crippen LogP contribution < -0.4 is 4.90 Å². The smallest absolute Gasteiger partial charge is 0.226 e. The molecule has 0 radical (unpaired) electrons. The molecule has 5 nitrogen and oxygen atoms in total. The third-order valence-corrected chi connectivity index (χ3v) is 5.13. The highest BCUT2D eigenvalue weighted by molar-refractivity contribution is 5.96. The molecule has 2 heterocycles. The van der Waals surface area contributed by atoms with E-state index in [9.17, 15) is 18.4 Å². The van der Waals surface area contributed by atoms with Crippen LogP contribution in [0.2, 0.25) is 0 Å². The number of benzene rings is 1. The number of anilines is 1. The van der Waals surface area contributed by atoms with Crippen molar-refractivity contribution in [3.05, 3.63) is 77.2 Å². The Labute approximate surface area is 179 Å². The summed E-state index contributed by atoms with van der Waals surface area (Å²) in [5, 5.41) is 0. The number of pyridine rings is 2. The van der Waals surface area contributed by atoms with E-state index >= 15 is 0 Å². The number of halogens is 2. The molecule has 0 saturated carbocycles. The lowest BCUT2D eigenvalue weighted by Gasteiger charge is -2.19. The van der Waals surface area contributed by atoms with Crippen LogP contribution in [-0.4, -0.2) is 28.7 Å². The second-order valence-electron chi connectivity index (χ2n) is 7.25. The van der Waals surface area contributed by atoms with Crippen LogP contribution in [0.25, 0.3) is 11.3 Å². The fraction of sp³-hybridized carbons (Fsp3) is 0.250. The Morgan fingerprint density at radius 1 is 1.06 bits per heavy atom. The quantitative estimate of drug-likeness (QED) is 0.400. The van der Waals surface area contributed by atoms with E-state index in [0.29, 0.717) is 17.7 Å². The minimum absolute atomic E-state index is 0.0353. The van der Waals surface area contributed by atoms with Crippen molar-refractivity contribution >= 4 is 17.4 Å². The summed E-state index contributed by atoms with van der Waals surface area (Å²) in [7, 11) is 1.75. The monoisotopic (exact) mass is 423 g/mol. The van der Waals surface area contributed by atoms with Crippen LogP contribution in [0.5, 0.6) is 0 Å². The number of amides is 1. The number of nitrogens with zero attached hydrogens (tertiary/aromatic N) is 3. The highest BCUT2D eigenvalue weighted by Crippen LogP contribution is 2.26. The molecule has 0 spiro atoms. The number of aromatic nitrogens is 2. The van der Waals surface area contributed by atoms with Gasteiger partial charge in [0.2, 0.25) is 17.8 Å². The van der Waals surface area contributed by atoms with Crippen LogP contribution in [0.1, 0.15) is 41.3 Å². The molecule has 0 aliphatic heterocycles. The topological polar surface area (TPSA) is 63.2 Å². The average molecular weight is 423 g/mol. The Hall–Kier alpha value is -3.48. The van der Waals surface area contributed by atoms with Gasteiger partial charge in [0, 0.05) is 48.5 Å². The van der Waals surface area contributed by atoms with E-state index in [2.05, 4.69) is 9.97 Å². The standard InChI is InChI=1S/C24H23F2N3O2/c1-4-23(31)29(3)20-10-6-17(13-15(20)2)19-9-5-18(14-27-19)21(30)11-7-16-8-12-22(25)28-24(16)26/h5-6,8-10,12-14H,4,7,11H2,1-3H3. The van der Waals surface area contributed by atoms with Crippen molar-refractivity contribution in [1.29, 1.82) is 0 Å². The number of aryl methyl sites for hydroxylation is 2. The minimum atomic E-state index is -0.897. The van der Waals surface area contributed by atoms with Gasteiger partial charge < -0.3 is 4.90 Å². The normalized spacial score (nSPS) is 10.7. The van der Waals surface area contributed by atoms with E-state index in [1.165, 1.54) is 12.3 Å². The Balaban J connectivity index is 1.70. The molecule has 0 atom stereocenters. The van der Waals surface area contributed by atoms with Crippen molar-refractivity contribution in [2.75, 3.05) is 11.9 Å². The van der Waals surface area contributed by atoms with E-state index in [1.807, 2.05) is 32.0 Å². The van der Waals surface area contributed by atoms with Crippen molar-refractivity contribution in [2.45, 2.75) is 33.1 Å².